The molecule has 0 aliphatic carbocycles. The molecular formula is C19H29F3N4O3. The molecule has 2 rings (SSSR count). The number of halogens is 3. The summed E-state index contributed by atoms with van der Waals surface area (Å²) in [5, 5.41) is 6.32. The minimum Gasteiger partial charge on any atom is -0.468 e. The second-order valence-corrected chi connectivity index (χ2v) is 6.75. The van der Waals surface area contributed by atoms with Crippen molar-refractivity contribution in [2.24, 2.45) is 10.9 Å². The van der Waals surface area contributed by atoms with Crippen LogP contribution in [0, 0.1) is 5.92 Å². The quantitative estimate of drug-likeness (QED) is 0.346. The Hall–Kier alpha value is -2.07. The molecule has 0 radical (unpaired) electrons. The van der Waals surface area contributed by atoms with Gasteiger partial charge >= 0.3 is 6.18 Å². The molecular weight excluding hydrogens is 389 g/mol. The highest BCUT2D eigenvalue weighted by Gasteiger charge is 2.28. The molecule has 10 heteroatoms. The minimum atomic E-state index is -4.38. The summed E-state index contributed by atoms with van der Waals surface area (Å²) in [6, 6.07) is 3.07. The average molecular weight is 418 g/mol. The molecule has 0 atom stereocenters. The summed E-state index contributed by atoms with van der Waals surface area (Å²) in [4.78, 5) is 8.01. The number of ether oxygens (including phenoxy) is 3. The minimum absolute atomic E-state index is 0.0608. The summed E-state index contributed by atoms with van der Waals surface area (Å²) in [5.41, 5.74) is 0.798. The van der Waals surface area contributed by atoms with Crippen molar-refractivity contribution >= 4 is 5.96 Å². The molecule has 0 spiro atoms. The lowest BCUT2D eigenvalue weighted by Crippen LogP contribution is -2.37. The van der Waals surface area contributed by atoms with Crippen LogP contribution in [0.2, 0.25) is 0 Å². The van der Waals surface area contributed by atoms with Crippen LogP contribution >= 0.6 is 0 Å². The third-order valence-corrected chi connectivity index (χ3v) is 4.32. The van der Waals surface area contributed by atoms with Crippen molar-refractivity contribution in [1.29, 1.82) is 0 Å². The Kier molecular flexibility index (Phi) is 9.99. The lowest BCUT2D eigenvalue weighted by Gasteiger charge is -2.21. The summed E-state index contributed by atoms with van der Waals surface area (Å²) in [7, 11) is 1.67. The fraction of sp³-hybridized carbons (Fsp3) is 0.684. The van der Waals surface area contributed by atoms with Crippen molar-refractivity contribution in [3.63, 3.8) is 0 Å². The Bertz CT molecular complexity index is 606. The van der Waals surface area contributed by atoms with E-state index in [-0.39, 0.29) is 5.88 Å². The van der Waals surface area contributed by atoms with Gasteiger partial charge in [0.15, 0.2) is 12.6 Å². The zero-order valence-electron chi connectivity index (χ0n) is 16.6. The van der Waals surface area contributed by atoms with Gasteiger partial charge < -0.3 is 24.8 Å². The third kappa shape index (κ3) is 10.3. The van der Waals surface area contributed by atoms with E-state index in [0.29, 0.717) is 25.0 Å². The van der Waals surface area contributed by atoms with E-state index in [9.17, 15) is 13.2 Å². The van der Waals surface area contributed by atoms with Crippen LogP contribution in [0.5, 0.6) is 5.88 Å². The highest BCUT2D eigenvalue weighted by atomic mass is 19.4. The van der Waals surface area contributed by atoms with Gasteiger partial charge in [-0.25, -0.2) is 4.98 Å². The number of aromatic nitrogens is 1. The van der Waals surface area contributed by atoms with E-state index in [0.717, 1.165) is 51.2 Å². The van der Waals surface area contributed by atoms with Gasteiger partial charge in [0.05, 0.1) is 0 Å². The van der Waals surface area contributed by atoms with Crippen molar-refractivity contribution in [2.75, 3.05) is 46.6 Å². The molecule has 1 aromatic rings. The van der Waals surface area contributed by atoms with E-state index in [1.54, 1.807) is 13.1 Å². The van der Waals surface area contributed by atoms with Crippen molar-refractivity contribution in [3.8, 4) is 5.88 Å². The molecule has 164 valence electrons. The summed E-state index contributed by atoms with van der Waals surface area (Å²) in [6.45, 7) is 2.93. The van der Waals surface area contributed by atoms with Gasteiger partial charge in [0, 0.05) is 58.8 Å². The van der Waals surface area contributed by atoms with Gasteiger partial charge in [-0.15, -0.1) is 0 Å². The monoisotopic (exact) mass is 418 g/mol. The van der Waals surface area contributed by atoms with E-state index >= 15 is 0 Å². The lowest BCUT2D eigenvalue weighted by molar-refractivity contribution is -0.154. The van der Waals surface area contributed by atoms with Crippen LogP contribution in [0.25, 0.3) is 0 Å². The number of aliphatic imine (C=N–C) groups is 1. The molecule has 0 aromatic carbocycles. The van der Waals surface area contributed by atoms with E-state index < -0.39 is 12.8 Å². The number of alkyl halides is 3. The molecule has 2 N–H and O–H groups in total. The average Bonchev–Trinajstić information content (AvgIpc) is 2.72. The van der Waals surface area contributed by atoms with Crippen LogP contribution in [-0.2, 0) is 16.0 Å². The lowest BCUT2D eigenvalue weighted by atomic mass is 10.0. The van der Waals surface area contributed by atoms with Gasteiger partial charge in [0.1, 0.15) is 0 Å². The molecule has 1 saturated heterocycles. The van der Waals surface area contributed by atoms with E-state index in [2.05, 4.69) is 25.3 Å². The van der Waals surface area contributed by atoms with Crippen LogP contribution in [0.1, 0.15) is 24.8 Å². The molecule has 1 fully saturated rings. The molecule has 1 aliphatic heterocycles. The fourth-order valence-electron chi connectivity index (χ4n) is 2.71. The van der Waals surface area contributed by atoms with Gasteiger partial charge in [0.25, 0.3) is 0 Å². The Morgan fingerprint density at radius 1 is 1.28 bits per heavy atom. The molecule has 1 aromatic heterocycles. The van der Waals surface area contributed by atoms with Crippen LogP contribution in [0.15, 0.2) is 23.3 Å². The van der Waals surface area contributed by atoms with Crippen molar-refractivity contribution in [2.45, 2.75) is 32.0 Å². The van der Waals surface area contributed by atoms with Gasteiger partial charge in [0.2, 0.25) is 5.88 Å². The second-order valence-electron chi connectivity index (χ2n) is 6.75. The Morgan fingerprint density at radius 3 is 2.72 bits per heavy atom. The summed E-state index contributed by atoms with van der Waals surface area (Å²) in [5.74, 6) is 1.17. The number of pyridine rings is 1. The number of hydrogen-bond donors (Lipinski definition) is 2. The number of nitrogens with zero attached hydrogens (tertiary/aromatic N) is 2. The van der Waals surface area contributed by atoms with Gasteiger partial charge in [-0.3, -0.25) is 4.99 Å². The number of hydrogen-bond acceptors (Lipinski definition) is 5. The standard InChI is InChI=1S/C19H29F3N4O3/c1-23-18(24-7-2-8-28-13-15-5-9-27-10-6-15)26-12-16-3-4-17(25-11-16)29-14-19(20,21)22/h3-4,11,15H,2,5-10,12-14H2,1H3,(H2,23,24,26). The molecule has 29 heavy (non-hydrogen) atoms. The first-order chi connectivity index (χ1) is 14.0. The largest absolute Gasteiger partial charge is 0.468 e. The number of nitrogens with one attached hydrogen (secondary N) is 2. The summed E-state index contributed by atoms with van der Waals surface area (Å²) < 4.78 is 52.0. The second kappa shape index (κ2) is 12.5. The maximum Gasteiger partial charge on any atom is 0.422 e. The van der Waals surface area contributed by atoms with Crippen LogP contribution < -0.4 is 15.4 Å². The first-order valence-corrected chi connectivity index (χ1v) is 9.71. The maximum atomic E-state index is 12.1. The van der Waals surface area contributed by atoms with Crippen LogP contribution in [-0.4, -0.2) is 63.7 Å². The first-order valence-electron chi connectivity index (χ1n) is 9.71. The normalized spacial score (nSPS) is 15.9. The van der Waals surface area contributed by atoms with Crippen LogP contribution in [0.4, 0.5) is 13.2 Å². The fourth-order valence-corrected chi connectivity index (χ4v) is 2.71. The molecule has 0 amide bonds. The van der Waals surface area contributed by atoms with Crippen molar-refractivity contribution < 1.29 is 27.4 Å². The highest BCUT2D eigenvalue weighted by molar-refractivity contribution is 5.79. The first kappa shape index (κ1) is 23.2. The molecule has 0 saturated carbocycles. The highest BCUT2D eigenvalue weighted by Crippen LogP contribution is 2.17. The topological polar surface area (TPSA) is 77.0 Å². The molecule has 1 aliphatic rings. The molecule has 7 nitrogen and oxygen atoms in total. The van der Waals surface area contributed by atoms with Gasteiger partial charge in [-0.2, -0.15) is 13.2 Å². The van der Waals surface area contributed by atoms with E-state index in [1.165, 1.54) is 12.3 Å². The van der Waals surface area contributed by atoms with Gasteiger partial charge in [-0.05, 0) is 30.7 Å². The van der Waals surface area contributed by atoms with Crippen LogP contribution in [0.3, 0.4) is 0 Å². The molecule has 0 unspecified atom stereocenters. The summed E-state index contributed by atoms with van der Waals surface area (Å²) >= 11 is 0. The molecule has 2 heterocycles. The summed E-state index contributed by atoms with van der Waals surface area (Å²) in [6.07, 6.45) is 0.0843. The van der Waals surface area contributed by atoms with Crippen molar-refractivity contribution in [3.05, 3.63) is 23.9 Å². The smallest absolute Gasteiger partial charge is 0.422 e. The third-order valence-electron chi connectivity index (χ3n) is 4.32. The maximum absolute atomic E-state index is 12.1. The van der Waals surface area contributed by atoms with E-state index in [4.69, 9.17) is 9.47 Å². The zero-order chi connectivity index (χ0) is 21.0. The SMILES string of the molecule is CN=C(NCCCOCC1CCOCC1)NCc1ccc(OCC(F)(F)F)nc1. The molecule has 0 bridgehead atoms. The number of guanidine groups is 1. The predicted octanol–water partition coefficient (Wildman–Crippen LogP) is 2.52. The van der Waals surface area contributed by atoms with Crippen molar-refractivity contribution in [1.82, 2.24) is 15.6 Å². The van der Waals surface area contributed by atoms with E-state index in [1.807, 2.05) is 0 Å². The Morgan fingerprint density at radius 2 is 2.07 bits per heavy atom. The Balaban J connectivity index is 1.57. The number of rotatable bonds is 10. The Labute approximate surface area is 169 Å². The van der Waals surface area contributed by atoms with Gasteiger partial charge in [-0.1, -0.05) is 6.07 Å². The zero-order valence-corrected chi connectivity index (χ0v) is 16.6. The predicted molar refractivity (Wildman–Crippen MR) is 103 cm³/mol.